The smallest absolute Gasteiger partial charge is 0.307 e. The number of urea groups is 1. The van der Waals surface area contributed by atoms with Crippen LogP contribution in [0, 0.1) is 11.8 Å². The van der Waals surface area contributed by atoms with Crippen LogP contribution in [0.1, 0.15) is 104 Å². The van der Waals surface area contributed by atoms with Gasteiger partial charge in [-0.1, -0.05) is 78.9 Å². The Balaban J connectivity index is 1.76. The number of anilines is 2. The molecule has 0 aliphatic rings. The maximum absolute atomic E-state index is 14.1. The molecular weight excluding hydrogens is 582 g/mol. The van der Waals surface area contributed by atoms with Crippen LogP contribution in [0.3, 0.4) is 0 Å². The summed E-state index contributed by atoms with van der Waals surface area (Å²) in [6.07, 6.45) is 3.29. The molecule has 0 bridgehead atoms. The summed E-state index contributed by atoms with van der Waals surface area (Å²) in [4.78, 5) is 38.4. The summed E-state index contributed by atoms with van der Waals surface area (Å²) in [6, 6.07) is 17.9. The summed E-state index contributed by atoms with van der Waals surface area (Å²) in [5.41, 5.74) is 6.29. The molecule has 0 saturated heterocycles. The second-order valence-electron chi connectivity index (χ2n) is 13.3. The van der Waals surface area contributed by atoms with E-state index in [0.717, 1.165) is 64.8 Å². The first kappa shape index (κ1) is 35.4. The SMILES string of the molecule is CCCCN(C(=O)Nc1c(C(C)C)cc(-c2cccc(C#CC(C)(C)N(CC)CC)c2)cc1C(C)C)c1cc2cccnc2[nH]c1=O. The van der Waals surface area contributed by atoms with Crippen LogP contribution in [0.5, 0.6) is 0 Å². The monoisotopic (exact) mass is 633 g/mol. The van der Waals surface area contributed by atoms with Gasteiger partial charge in [-0.15, -0.1) is 0 Å². The number of amides is 2. The second-order valence-corrected chi connectivity index (χ2v) is 13.3. The van der Waals surface area contributed by atoms with E-state index in [1.165, 1.54) is 0 Å². The molecule has 248 valence electrons. The van der Waals surface area contributed by atoms with Gasteiger partial charge in [0.15, 0.2) is 0 Å². The van der Waals surface area contributed by atoms with E-state index in [0.29, 0.717) is 17.9 Å². The number of aromatic nitrogens is 2. The van der Waals surface area contributed by atoms with Gasteiger partial charge in [0.25, 0.3) is 5.56 Å². The van der Waals surface area contributed by atoms with Crippen molar-refractivity contribution in [2.24, 2.45) is 0 Å². The van der Waals surface area contributed by atoms with Gasteiger partial charge in [0.2, 0.25) is 0 Å². The van der Waals surface area contributed by atoms with Crippen molar-refractivity contribution < 1.29 is 4.79 Å². The number of H-pyrrole nitrogens is 1. The van der Waals surface area contributed by atoms with Crippen molar-refractivity contribution in [1.29, 1.82) is 0 Å². The van der Waals surface area contributed by atoms with E-state index in [1.807, 2.05) is 12.1 Å². The normalized spacial score (nSPS) is 11.7. The Morgan fingerprint density at radius 2 is 1.62 bits per heavy atom. The topological polar surface area (TPSA) is 81.3 Å². The van der Waals surface area contributed by atoms with Crippen molar-refractivity contribution >= 4 is 28.4 Å². The Hall–Kier alpha value is -4.41. The van der Waals surface area contributed by atoms with Crippen molar-refractivity contribution in [3.63, 3.8) is 0 Å². The molecule has 0 unspecified atom stereocenters. The maximum Gasteiger partial charge on any atom is 0.326 e. The molecule has 7 nitrogen and oxygen atoms in total. The minimum atomic E-state index is -0.338. The van der Waals surface area contributed by atoms with E-state index in [2.05, 4.69) is 131 Å². The van der Waals surface area contributed by atoms with Crippen LogP contribution in [0.25, 0.3) is 22.2 Å². The molecule has 2 heterocycles. The number of aromatic amines is 1. The van der Waals surface area contributed by atoms with Crippen LogP contribution >= 0.6 is 0 Å². The molecule has 0 spiro atoms. The minimum absolute atomic E-state index is 0.139. The second kappa shape index (κ2) is 15.5. The molecular formula is C40H51N5O2. The summed E-state index contributed by atoms with van der Waals surface area (Å²) in [5, 5.41) is 4.04. The van der Waals surface area contributed by atoms with Gasteiger partial charge >= 0.3 is 6.03 Å². The standard InChI is InChI=1S/C40H51N5O2/c1-10-13-22-45(35-26-31-18-15-21-41-37(31)43-38(35)46)39(47)42-36-33(27(4)5)24-32(25-34(36)28(6)7)30-17-14-16-29(23-30)19-20-40(8,9)44(11-2)12-3/h14-18,21,23-28H,10-13,22H2,1-9H3,(H,42,47)(H,41,43,46). The van der Waals surface area contributed by atoms with Crippen LogP contribution in [-0.4, -0.2) is 46.1 Å². The molecule has 2 amide bonds. The van der Waals surface area contributed by atoms with Crippen LogP contribution in [-0.2, 0) is 0 Å². The molecule has 4 aromatic rings. The number of nitrogens with one attached hydrogen (secondary N) is 2. The first-order valence-electron chi connectivity index (χ1n) is 17.0. The van der Waals surface area contributed by atoms with Crippen molar-refractivity contribution in [3.05, 3.63) is 87.8 Å². The number of hydrogen-bond donors (Lipinski definition) is 2. The quantitative estimate of drug-likeness (QED) is 0.161. The Bertz CT molecular complexity index is 1790. The lowest BCUT2D eigenvalue weighted by Gasteiger charge is -2.32. The third-order valence-corrected chi connectivity index (χ3v) is 8.80. The molecule has 0 aliphatic carbocycles. The minimum Gasteiger partial charge on any atom is -0.307 e. The van der Waals surface area contributed by atoms with Crippen molar-refractivity contribution in [2.75, 3.05) is 29.9 Å². The lowest BCUT2D eigenvalue weighted by Crippen LogP contribution is -2.42. The number of fused-ring (bicyclic) bond motifs is 1. The van der Waals surface area contributed by atoms with Gasteiger partial charge in [0.1, 0.15) is 11.3 Å². The zero-order valence-electron chi connectivity index (χ0n) is 29.6. The Morgan fingerprint density at radius 1 is 0.936 bits per heavy atom. The predicted octanol–water partition coefficient (Wildman–Crippen LogP) is 9.15. The van der Waals surface area contributed by atoms with Gasteiger partial charge in [-0.3, -0.25) is 14.6 Å². The highest BCUT2D eigenvalue weighted by Crippen LogP contribution is 2.38. The van der Waals surface area contributed by atoms with Gasteiger partial charge in [0, 0.05) is 29.4 Å². The van der Waals surface area contributed by atoms with E-state index in [1.54, 1.807) is 17.2 Å². The van der Waals surface area contributed by atoms with E-state index in [-0.39, 0.29) is 29.0 Å². The number of rotatable bonds is 11. The van der Waals surface area contributed by atoms with Crippen molar-refractivity contribution in [1.82, 2.24) is 14.9 Å². The van der Waals surface area contributed by atoms with Crippen LogP contribution in [0.2, 0.25) is 0 Å². The van der Waals surface area contributed by atoms with Crippen molar-refractivity contribution in [2.45, 2.75) is 92.5 Å². The fraction of sp³-hybridized carbons (Fsp3) is 0.425. The number of benzene rings is 2. The van der Waals surface area contributed by atoms with Gasteiger partial charge in [-0.2, -0.15) is 0 Å². The number of hydrogen-bond acceptors (Lipinski definition) is 4. The molecule has 0 fully saturated rings. The molecule has 4 rings (SSSR count). The summed E-state index contributed by atoms with van der Waals surface area (Å²) in [5.74, 6) is 7.20. The third-order valence-electron chi connectivity index (χ3n) is 8.80. The van der Waals surface area contributed by atoms with Gasteiger partial charge in [0.05, 0.1) is 5.54 Å². The molecule has 0 atom stereocenters. The number of unbranched alkanes of at least 4 members (excludes halogenated alkanes) is 1. The average molecular weight is 634 g/mol. The number of carbonyl (C=O) groups excluding carboxylic acids is 1. The van der Waals surface area contributed by atoms with Crippen LogP contribution < -0.4 is 15.8 Å². The highest BCUT2D eigenvalue weighted by Gasteiger charge is 2.24. The van der Waals surface area contributed by atoms with E-state index in [9.17, 15) is 9.59 Å². The zero-order chi connectivity index (χ0) is 34.3. The van der Waals surface area contributed by atoms with Crippen LogP contribution in [0.4, 0.5) is 16.2 Å². The Kier molecular flexibility index (Phi) is 11.7. The fourth-order valence-corrected chi connectivity index (χ4v) is 6.05. The Morgan fingerprint density at radius 3 is 2.23 bits per heavy atom. The summed E-state index contributed by atoms with van der Waals surface area (Å²) < 4.78 is 0. The number of pyridine rings is 2. The molecule has 0 aliphatic heterocycles. The highest BCUT2D eigenvalue weighted by atomic mass is 16.2. The lowest BCUT2D eigenvalue weighted by molar-refractivity contribution is 0.189. The molecule has 0 radical (unpaired) electrons. The summed E-state index contributed by atoms with van der Waals surface area (Å²) in [6.45, 7) is 21.6. The summed E-state index contributed by atoms with van der Waals surface area (Å²) >= 11 is 0. The lowest BCUT2D eigenvalue weighted by atomic mass is 9.88. The van der Waals surface area contributed by atoms with Gasteiger partial charge in [-0.25, -0.2) is 9.78 Å². The van der Waals surface area contributed by atoms with Gasteiger partial charge < -0.3 is 10.3 Å². The first-order chi connectivity index (χ1) is 22.4. The Labute approximate surface area is 280 Å². The third kappa shape index (κ3) is 8.31. The number of nitrogens with zero attached hydrogens (tertiary/aromatic N) is 3. The predicted molar refractivity (Wildman–Crippen MR) is 198 cm³/mol. The highest BCUT2D eigenvalue weighted by molar-refractivity contribution is 6.03. The molecule has 7 heteroatoms. The van der Waals surface area contributed by atoms with Gasteiger partial charge in [-0.05, 0) is 110 Å². The molecule has 47 heavy (non-hydrogen) atoms. The van der Waals surface area contributed by atoms with E-state index >= 15 is 0 Å². The summed E-state index contributed by atoms with van der Waals surface area (Å²) in [7, 11) is 0. The molecule has 2 aromatic carbocycles. The zero-order valence-corrected chi connectivity index (χ0v) is 29.6. The van der Waals surface area contributed by atoms with E-state index in [4.69, 9.17) is 0 Å². The molecule has 2 aromatic heterocycles. The van der Waals surface area contributed by atoms with E-state index < -0.39 is 0 Å². The number of carbonyl (C=O) groups is 1. The fourth-order valence-electron chi connectivity index (χ4n) is 6.05. The molecule has 2 N–H and O–H groups in total. The average Bonchev–Trinajstić information content (AvgIpc) is 3.04. The molecule has 0 saturated carbocycles. The van der Waals surface area contributed by atoms with Crippen LogP contribution in [0.15, 0.2) is 65.6 Å². The maximum atomic E-state index is 14.1. The largest absolute Gasteiger partial charge is 0.326 e. The first-order valence-corrected chi connectivity index (χ1v) is 17.0. The van der Waals surface area contributed by atoms with Crippen molar-refractivity contribution in [3.8, 4) is 23.0 Å².